The zero-order valence-corrected chi connectivity index (χ0v) is 6.80. The Morgan fingerprint density at radius 3 is 1.91 bits per heavy atom. The van der Waals surface area contributed by atoms with Crippen LogP contribution in [0.5, 0.6) is 0 Å². The highest BCUT2D eigenvalue weighted by Crippen LogP contribution is 1.79. The summed E-state index contributed by atoms with van der Waals surface area (Å²) in [5, 5.41) is 22.8. The molecule has 66 valence electrons. The molecule has 4 N–H and O–H groups in total. The van der Waals surface area contributed by atoms with E-state index in [9.17, 15) is 0 Å². The molecule has 0 fully saturated rings. The first-order chi connectivity index (χ1) is 5.35. The molecule has 0 rings (SSSR count). The van der Waals surface area contributed by atoms with E-state index in [-0.39, 0.29) is 13.2 Å². The number of aliphatic hydroxyl groups is 2. The molecular weight excluding hydrogens is 144 g/mol. The molecule has 0 aliphatic carbocycles. The van der Waals surface area contributed by atoms with Crippen LogP contribution in [0.1, 0.15) is 6.92 Å². The Labute approximate surface area is 66.9 Å². The fourth-order valence-corrected chi connectivity index (χ4v) is 0.648. The third-order valence-corrected chi connectivity index (χ3v) is 1.14. The zero-order valence-electron chi connectivity index (χ0n) is 6.80. The van der Waals surface area contributed by atoms with E-state index in [2.05, 4.69) is 10.6 Å². The van der Waals surface area contributed by atoms with E-state index in [1.54, 1.807) is 0 Å². The summed E-state index contributed by atoms with van der Waals surface area (Å²) in [7, 11) is 0. The fourth-order valence-electron chi connectivity index (χ4n) is 0.648. The Morgan fingerprint density at radius 2 is 1.64 bits per heavy atom. The third kappa shape index (κ3) is 5.69. The van der Waals surface area contributed by atoms with Gasteiger partial charge in [0, 0.05) is 13.1 Å². The standard InChI is InChI=1S/C7H16N2O2/c1-2-7(8-3-5-10)9-4-6-11/h2,8-11H,3-6H2,1H3. The van der Waals surface area contributed by atoms with Gasteiger partial charge in [0.1, 0.15) is 0 Å². The van der Waals surface area contributed by atoms with Gasteiger partial charge in [-0.25, -0.2) is 0 Å². The topological polar surface area (TPSA) is 64.5 Å². The van der Waals surface area contributed by atoms with Crippen molar-refractivity contribution in [1.29, 1.82) is 0 Å². The van der Waals surface area contributed by atoms with Gasteiger partial charge in [0.05, 0.1) is 19.0 Å². The maximum absolute atomic E-state index is 8.47. The Hall–Kier alpha value is -0.740. The quantitative estimate of drug-likeness (QED) is 0.403. The van der Waals surface area contributed by atoms with Gasteiger partial charge in [0.25, 0.3) is 0 Å². The molecule has 0 saturated heterocycles. The van der Waals surface area contributed by atoms with E-state index in [0.29, 0.717) is 13.1 Å². The van der Waals surface area contributed by atoms with Gasteiger partial charge in [-0.2, -0.15) is 0 Å². The highest BCUT2D eigenvalue weighted by atomic mass is 16.3. The maximum Gasteiger partial charge on any atom is 0.0944 e. The van der Waals surface area contributed by atoms with Crippen LogP contribution >= 0.6 is 0 Å². The lowest BCUT2D eigenvalue weighted by atomic mass is 10.5. The van der Waals surface area contributed by atoms with Gasteiger partial charge in [-0.1, -0.05) is 0 Å². The Morgan fingerprint density at radius 1 is 1.18 bits per heavy atom. The lowest BCUT2D eigenvalue weighted by molar-refractivity contribution is 0.287. The number of aliphatic hydroxyl groups excluding tert-OH is 2. The molecule has 4 heteroatoms. The lowest BCUT2D eigenvalue weighted by Crippen LogP contribution is -2.30. The van der Waals surface area contributed by atoms with Crippen LogP contribution in [0.4, 0.5) is 0 Å². The lowest BCUT2D eigenvalue weighted by Gasteiger charge is -2.10. The molecule has 0 saturated carbocycles. The van der Waals surface area contributed by atoms with Crippen molar-refractivity contribution >= 4 is 0 Å². The van der Waals surface area contributed by atoms with E-state index in [1.807, 2.05) is 13.0 Å². The van der Waals surface area contributed by atoms with Crippen LogP contribution in [-0.2, 0) is 0 Å². The van der Waals surface area contributed by atoms with Crippen molar-refractivity contribution in [3.63, 3.8) is 0 Å². The van der Waals surface area contributed by atoms with Crippen LogP contribution < -0.4 is 10.6 Å². The van der Waals surface area contributed by atoms with E-state index in [4.69, 9.17) is 10.2 Å². The van der Waals surface area contributed by atoms with Crippen LogP contribution in [0.2, 0.25) is 0 Å². The van der Waals surface area contributed by atoms with Crippen molar-refractivity contribution < 1.29 is 10.2 Å². The Bertz CT molecular complexity index is 105. The van der Waals surface area contributed by atoms with Crippen LogP contribution in [0, 0.1) is 0 Å². The summed E-state index contributed by atoms with van der Waals surface area (Å²) < 4.78 is 0. The molecule has 0 aromatic carbocycles. The minimum atomic E-state index is 0.109. The van der Waals surface area contributed by atoms with E-state index < -0.39 is 0 Å². The van der Waals surface area contributed by atoms with E-state index in [1.165, 1.54) is 0 Å². The molecule has 11 heavy (non-hydrogen) atoms. The smallest absolute Gasteiger partial charge is 0.0944 e. The molecule has 0 aromatic rings. The van der Waals surface area contributed by atoms with Gasteiger partial charge in [-0.05, 0) is 13.0 Å². The summed E-state index contributed by atoms with van der Waals surface area (Å²) in [6.45, 7) is 3.15. The second-order valence-corrected chi connectivity index (χ2v) is 2.00. The molecule has 0 radical (unpaired) electrons. The highest BCUT2D eigenvalue weighted by molar-refractivity contribution is 4.94. The highest BCUT2D eigenvalue weighted by Gasteiger charge is 1.90. The van der Waals surface area contributed by atoms with Gasteiger partial charge in [0.15, 0.2) is 0 Å². The first-order valence-electron chi connectivity index (χ1n) is 3.71. The van der Waals surface area contributed by atoms with Crippen LogP contribution in [0.15, 0.2) is 11.9 Å². The normalized spacial score (nSPS) is 9.00. The number of hydrogen-bond acceptors (Lipinski definition) is 4. The van der Waals surface area contributed by atoms with Gasteiger partial charge < -0.3 is 20.8 Å². The molecule has 0 aliphatic heterocycles. The van der Waals surface area contributed by atoms with Crippen molar-refractivity contribution in [3.8, 4) is 0 Å². The van der Waals surface area contributed by atoms with Gasteiger partial charge in [0.2, 0.25) is 0 Å². The summed E-state index contributed by atoms with van der Waals surface area (Å²) in [6.07, 6.45) is 1.85. The average molecular weight is 160 g/mol. The molecule has 0 spiro atoms. The predicted molar refractivity (Wildman–Crippen MR) is 43.9 cm³/mol. The Balaban J connectivity index is 3.43. The van der Waals surface area contributed by atoms with Gasteiger partial charge in [-0.3, -0.25) is 0 Å². The Kier molecular flexibility index (Phi) is 6.87. The van der Waals surface area contributed by atoms with Crippen molar-refractivity contribution in [3.05, 3.63) is 11.9 Å². The second kappa shape index (κ2) is 7.37. The maximum atomic E-state index is 8.47. The van der Waals surface area contributed by atoms with Gasteiger partial charge >= 0.3 is 0 Å². The average Bonchev–Trinajstić information content (AvgIpc) is 2.05. The number of rotatable bonds is 6. The minimum absolute atomic E-state index is 0.109. The zero-order chi connectivity index (χ0) is 8.53. The third-order valence-electron chi connectivity index (χ3n) is 1.14. The molecule has 0 amide bonds. The molecule has 0 aliphatic rings. The summed E-state index contributed by atoms with van der Waals surface area (Å²) in [5.74, 6) is 0.841. The van der Waals surface area contributed by atoms with Crippen molar-refractivity contribution in [2.45, 2.75) is 6.92 Å². The van der Waals surface area contributed by atoms with Crippen molar-refractivity contribution in [2.75, 3.05) is 26.3 Å². The molecule has 4 nitrogen and oxygen atoms in total. The van der Waals surface area contributed by atoms with Crippen LogP contribution in [-0.4, -0.2) is 36.5 Å². The molecule has 0 bridgehead atoms. The number of hydrogen-bond donors (Lipinski definition) is 4. The second-order valence-electron chi connectivity index (χ2n) is 2.00. The summed E-state index contributed by atoms with van der Waals surface area (Å²) >= 11 is 0. The van der Waals surface area contributed by atoms with Gasteiger partial charge in [-0.15, -0.1) is 0 Å². The molecule has 0 unspecified atom stereocenters. The molecular formula is C7H16N2O2. The molecule has 0 aromatic heterocycles. The first kappa shape index (κ1) is 10.3. The fraction of sp³-hybridized carbons (Fsp3) is 0.714. The van der Waals surface area contributed by atoms with E-state index in [0.717, 1.165) is 5.82 Å². The summed E-state index contributed by atoms with van der Waals surface area (Å²) in [6, 6.07) is 0. The largest absolute Gasteiger partial charge is 0.395 e. The number of nitrogens with one attached hydrogen (secondary N) is 2. The number of allylic oxidation sites excluding steroid dienone is 1. The van der Waals surface area contributed by atoms with E-state index >= 15 is 0 Å². The molecule has 0 atom stereocenters. The van der Waals surface area contributed by atoms with Crippen molar-refractivity contribution in [1.82, 2.24) is 10.6 Å². The molecule has 0 heterocycles. The predicted octanol–water partition coefficient (Wildman–Crippen LogP) is -0.988. The summed E-state index contributed by atoms with van der Waals surface area (Å²) in [5.41, 5.74) is 0. The van der Waals surface area contributed by atoms with Crippen molar-refractivity contribution in [2.24, 2.45) is 0 Å². The van der Waals surface area contributed by atoms with Crippen LogP contribution in [0.25, 0.3) is 0 Å². The first-order valence-corrected chi connectivity index (χ1v) is 3.71. The minimum Gasteiger partial charge on any atom is -0.395 e. The monoisotopic (exact) mass is 160 g/mol. The van der Waals surface area contributed by atoms with Crippen LogP contribution in [0.3, 0.4) is 0 Å². The SMILES string of the molecule is CC=C(NCCO)NCCO. The summed E-state index contributed by atoms with van der Waals surface area (Å²) in [4.78, 5) is 0.